The zero-order valence-electron chi connectivity index (χ0n) is 10.4. The summed E-state index contributed by atoms with van der Waals surface area (Å²) < 4.78 is 5.31. The van der Waals surface area contributed by atoms with Crippen molar-refractivity contribution in [3.05, 3.63) is 47.0 Å². The van der Waals surface area contributed by atoms with E-state index in [0.717, 1.165) is 31.4 Å². The van der Waals surface area contributed by atoms with Gasteiger partial charge in [0.2, 0.25) is 5.78 Å². The van der Waals surface area contributed by atoms with Crippen LogP contribution in [0.2, 0.25) is 0 Å². The molecule has 0 atom stereocenters. The molecule has 5 heteroatoms. The molecule has 0 unspecified atom stereocenters. The minimum atomic E-state index is 0.0395. The Balaban J connectivity index is 1.79. The number of ketones is 1. The Labute approximate surface area is 115 Å². The molecule has 98 valence electrons. The number of carbonyl (C=O) groups is 1. The standard InChI is InChI=1S/C14H14N2O2S/c17-13(11-4-2-1-3-5-11)12-10-15-14(19-12)16-6-8-18-9-7-16/h1-5,10H,6-9H2. The number of benzene rings is 1. The average Bonchev–Trinajstić information content (AvgIpc) is 2.98. The Morgan fingerprint density at radius 3 is 2.68 bits per heavy atom. The molecule has 4 nitrogen and oxygen atoms in total. The Morgan fingerprint density at radius 1 is 1.21 bits per heavy atom. The maximum absolute atomic E-state index is 12.3. The monoisotopic (exact) mass is 274 g/mol. The van der Waals surface area contributed by atoms with Gasteiger partial charge in [-0.2, -0.15) is 0 Å². The Kier molecular flexibility index (Phi) is 3.57. The third-order valence-electron chi connectivity index (χ3n) is 3.03. The maximum Gasteiger partial charge on any atom is 0.204 e. The fourth-order valence-corrected chi connectivity index (χ4v) is 2.93. The number of hydrogen-bond acceptors (Lipinski definition) is 5. The van der Waals surface area contributed by atoms with Crippen molar-refractivity contribution in [3.63, 3.8) is 0 Å². The minimum Gasteiger partial charge on any atom is -0.378 e. The summed E-state index contributed by atoms with van der Waals surface area (Å²) in [5.41, 5.74) is 0.708. The highest BCUT2D eigenvalue weighted by molar-refractivity contribution is 7.17. The number of rotatable bonds is 3. The van der Waals surface area contributed by atoms with E-state index in [-0.39, 0.29) is 5.78 Å². The summed E-state index contributed by atoms with van der Waals surface area (Å²) in [7, 11) is 0. The fraction of sp³-hybridized carbons (Fsp3) is 0.286. The van der Waals surface area contributed by atoms with E-state index < -0.39 is 0 Å². The predicted octanol–water partition coefficient (Wildman–Crippen LogP) is 2.21. The number of carbonyl (C=O) groups excluding carboxylic acids is 1. The van der Waals surface area contributed by atoms with E-state index in [4.69, 9.17) is 4.74 Å². The second-order valence-corrected chi connectivity index (χ2v) is 5.31. The van der Waals surface area contributed by atoms with Gasteiger partial charge in [0.15, 0.2) is 5.13 Å². The zero-order valence-corrected chi connectivity index (χ0v) is 11.2. The topological polar surface area (TPSA) is 42.4 Å². The van der Waals surface area contributed by atoms with E-state index in [0.29, 0.717) is 10.4 Å². The molecule has 1 aromatic heterocycles. The summed E-state index contributed by atoms with van der Waals surface area (Å²) in [4.78, 5) is 19.5. The van der Waals surface area contributed by atoms with Crippen molar-refractivity contribution >= 4 is 22.3 Å². The molecule has 0 saturated carbocycles. The lowest BCUT2D eigenvalue weighted by atomic mass is 10.1. The van der Waals surface area contributed by atoms with Crippen LogP contribution in [-0.4, -0.2) is 37.1 Å². The van der Waals surface area contributed by atoms with Gasteiger partial charge >= 0.3 is 0 Å². The Morgan fingerprint density at radius 2 is 1.95 bits per heavy atom. The summed E-state index contributed by atoms with van der Waals surface area (Å²) in [6.45, 7) is 3.13. The maximum atomic E-state index is 12.3. The normalized spacial score (nSPS) is 15.5. The Bertz CT molecular complexity index is 562. The minimum absolute atomic E-state index is 0.0395. The van der Waals surface area contributed by atoms with E-state index in [1.165, 1.54) is 11.3 Å². The van der Waals surface area contributed by atoms with Crippen LogP contribution in [0.4, 0.5) is 5.13 Å². The number of aromatic nitrogens is 1. The smallest absolute Gasteiger partial charge is 0.204 e. The van der Waals surface area contributed by atoms with Crippen molar-refractivity contribution in [1.82, 2.24) is 4.98 Å². The lowest BCUT2D eigenvalue weighted by Crippen LogP contribution is -2.36. The van der Waals surface area contributed by atoms with E-state index in [9.17, 15) is 4.79 Å². The number of ether oxygens (including phenoxy) is 1. The first-order valence-corrected chi connectivity index (χ1v) is 7.04. The van der Waals surface area contributed by atoms with Crippen molar-refractivity contribution in [1.29, 1.82) is 0 Å². The molecule has 1 fully saturated rings. The molecule has 2 aromatic rings. The van der Waals surface area contributed by atoms with Crippen LogP contribution in [0, 0.1) is 0 Å². The number of anilines is 1. The molecule has 0 radical (unpaired) electrons. The first-order chi connectivity index (χ1) is 9.34. The lowest BCUT2D eigenvalue weighted by Gasteiger charge is -2.25. The van der Waals surface area contributed by atoms with Gasteiger partial charge in [0.25, 0.3) is 0 Å². The van der Waals surface area contributed by atoms with Gasteiger partial charge < -0.3 is 9.64 Å². The largest absolute Gasteiger partial charge is 0.378 e. The molecule has 1 aliphatic heterocycles. The SMILES string of the molecule is O=C(c1ccccc1)c1cnc(N2CCOCC2)s1. The molecular weight excluding hydrogens is 260 g/mol. The summed E-state index contributed by atoms with van der Waals surface area (Å²) in [5, 5.41) is 0.905. The molecule has 0 N–H and O–H groups in total. The highest BCUT2D eigenvalue weighted by atomic mass is 32.1. The molecule has 3 rings (SSSR count). The molecule has 0 bridgehead atoms. The molecule has 1 aliphatic rings. The molecule has 2 heterocycles. The van der Waals surface area contributed by atoms with Crippen LogP contribution in [-0.2, 0) is 4.74 Å². The van der Waals surface area contributed by atoms with Crippen LogP contribution < -0.4 is 4.90 Å². The van der Waals surface area contributed by atoms with Crippen LogP contribution in [0.25, 0.3) is 0 Å². The van der Waals surface area contributed by atoms with Crippen LogP contribution in [0.15, 0.2) is 36.5 Å². The fourth-order valence-electron chi connectivity index (χ4n) is 2.00. The van der Waals surface area contributed by atoms with Gasteiger partial charge in [-0.25, -0.2) is 4.98 Å². The quantitative estimate of drug-likeness (QED) is 0.805. The molecule has 1 saturated heterocycles. The van der Waals surface area contributed by atoms with Crippen molar-refractivity contribution in [3.8, 4) is 0 Å². The Hall–Kier alpha value is -1.72. The molecule has 0 amide bonds. The first-order valence-electron chi connectivity index (χ1n) is 6.23. The average molecular weight is 274 g/mol. The zero-order chi connectivity index (χ0) is 13.1. The van der Waals surface area contributed by atoms with E-state index >= 15 is 0 Å². The first kappa shape index (κ1) is 12.3. The van der Waals surface area contributed by atoms with Crippen molar-refractivity contribution in [2.24, 2.45) is 0 Å². The van der Waals surface area contributed by atoms with E-state index in [1.807, 2.05) is 30.3 Å². The van der Waals surface area contributed by atoms with Crippen LogP contribution in [0.5, 0.6) is 0 Å². The summed E-state index contributed by atoms with van der Waals surface area (Å²) in [6.07, 6.45) is 1.67. The molecular formula is C14H14N2O2S. The van der Waals surface area contributed by atoms with Gasteiger partial charge in [-0.1, -0.05) is 41.7 Å². The predicted molar refractivity (Wildman–Crippen MR) is 75.0 cm³/mol. The van der Waals surface area contributed by atoms with Gasteiger partial charge in [-0.15, -0.1) is 0 Å². The molecule has 0 spiro atoms. The van der Waals surface area contributed by atoms with Gasteiger partial charge in [0, 0.05) is 18.7 Å². The number of hydrogen-bond donors (Lipinski definition) is 0. The molecule has 1 aromatic carbocycles. The lowest BCUT2D eigenvalue weighted by molar-refractivity contribution is 0.104. The van der Waals surface area contributed by atoms with Gasteiger partial charge in [-0.3, -0.25) is 4.79 Å². The van der Waals surface area contributed by atoms with Crippen molar-refractivity contribution < 1.29 is 9.53 Å². The van der Waals surface area contributed by atoms with Crippen LogP contribution in [0.1, 0.15) is 15.2 Å². The highest BCUT2D eigenvalue weighted by Crippen LogP contribution is 2.25. The summed E-state index contributed by atoms with van der Waals surface area (Å²) in [5.74, 6) is 0.0395. The number of morpholine rings is 1. The highest BCUT2D eigenvalue weighted by Gasteiger charge is 2.18. The third kappa shape index (κ3) is 2.67. The van der Waals surface area contributed by atoms with Gasteiger partial charge in [0.1, 0.15) is 0 Å². The van der Waals surface area contributed by atoms with Gasteiger partial charge in [-0.05, 0) is 0 Å². The number of thiazole rings is 1. The number of nitrogens with zero attached hydrogens (tertiary/aromatic N) is 2. The summed E-state index contributed by atoms with van der Waals surface area (Å²) in [6, 6.07) is 9.31. The molecule has 19 heavy (non-hydrogen) atoms. The molecule has 0 aliphatic carbocycles. The van der Waals surface area contributed by atoms with Crippen LogP contribution >= 0.6 is 11.3 Å². The third-order valence-corrected chi connectivity index (χ3v) is 4.09. The van der Waals surface area contributed by atoms with Crippen LogP contribution in [0.3, 0.4) is 0 Å². The summed E-state index contributed by atoms with van der Waals surface area (Å²) >= 11 is 1.45. The van der Waals surface area contributed by atoms with Crippen molar-refractivity contribution in [2.45, 2.75) is 0 Å². The van der Waals surface area contributed by atoms with Gasteiger partial charge in [0.05, 0.1) is 24.3 Å². The second kappa shape index (κ2) is 5.50. The second-order valence-electron chi connectivity index (χ2n) is 4.30. The van der Waals surface area contributed by atoms with E-state index in [2.05, 4.69) is 9.88 Å². The van der Waals surface area contributed by atoms with E-state index in [1.54, 1.807) is 6.20 Å². The van der Waals surface area contributed by atoms with Crippen molar-refractivity contribution in [2.75, 3.05) is 31.2 Å².